The summed E-state index contributed by atoms with van der Waals surface area (Å²) in [6.07, 6.45) is 3.19. The maximum absolute atomic E-state index is 11.3. The molecule has 1 atom stereocenters. The number of fused-ring (bicyclic) bond motifs is 1. The Labute approximate surface area is 130 Å². The number of hydrogen-bond acceptors (Lipinski definition) is 2. The van der Waals surface area contributed by atoms with Crippen molar-refractivity contribution in [3.05, 3.63) is 35.0 Å². The van der Waals surface area contributed by atoms with E-state index in [0.29, 0.717) is 11.6 Å². The van der Waals surface area contributed by atoms with Gasteiger partial charge in [0, 0.05) is 35.2 Å². The van der Waals surface area contributed by atoms with Gasteiger partial charge in [0.1, 0.15) is 0 Å². The molecule has 1 unspecified atom stereocenters. The fourth-order valence-electron chi connectivity index (χ4n) is 2.42. The Morgan fingerprint density at radius 2 is 2.24 bits per heavy atom. The van der Waals surface area contributed by atoms with Crippen LogP contribution in [0.2, 0.25) is 5.02 Å². The standard InChI is InChI=1S/C16H22ClN3O/c1-3-6-19-8-12-10-20(9-11(2)16(18)21)15-7-13(17)4-5-14(12)15/h4-5,7,10-11,19H,3,6,8-9H2,1-2H3,(H2,18,21). The molecule has 114 valence electrons. The number of carbonyl (C=O) groups is 1. The van der Waals surface area contributed by atoms with E-state index in [9.17, 15) is 4.79 Å². The number of benzene rings is 1. The molecule has 0 fully saturated rings. The summed E-state index contributed by atoms with van der Waals surface area (Å²) in [5.41, 5.74) is 7.63. The Hall–Kier alpha value is -1.52. The van der Waals surface area contributed by atoms with Crippen molar-refractivity contribution in [1.82, 2.24) is 9.88 Å². The van der Waals surface area contributed by atoms with Crippen molar-refractivity contribution in [3.8, 4) is 0 Å². The van der Waals surface area contributed by atoms with Crippen LogP contribution in [0.25, 0.3) is 10.9 Å². The number of primary amides is 1. The van der Waals surface area contributed by atoms with E-state index in [1.807, 2.05) is 25.1 Å². The fourth-order valence-corrected chi connectivity index (χ4v) is 2.58. The third-order valence-corrected chi connectivity index (χ3v) is 3.86. The average molecular weight is 308 g/mol. The molecule has 0 saturated carbocycles. The molecule has 0 radical (unpaired) electrons. The van der Waals surface area contributed by atoms with Gasteiger partial charge in [-0.3, -0.25) is 4.79 Å². The predicted octanol–water partition coefficient (Wildman–Crippen LogP) is 2.92. The summed E-state index contributed by atoms with van der Waals surface area (Å²) in [4.78, 5) is 11.3. The number of nitrogens with one attached hydrogen (secondary N) is 1. The molecular weight excluding hydrogens is 286 g/mol. The maximum atomic E-state index is 11.3. The first-order chi connectivity index (χ1) is 10.0. The third kappa shape index (κ3) is 3.77. The molecule has 1 amide bonds. The van der Waals surface area contributed by atoms with Gasteiger partial charge in [-0.1, -0.05) is 31.5 Å². The summed E-state index contributed by atoms with van der Waals surface area (Å²) in [7, 11) is 0. The Morgan fingerprint density at radius 3 is 2.90 bits per heavy atom. The first kappa shape index (κ1) is 15.9. The van der Waals surface area contributed by atoms with Crippen LogP contribution in [0.3, 0.4) is 0 Å². The maximum Gasteiger partial charge on any atom is 0.222 e. The quantitative estimate of drug-likeness (QED) is 0.773. The van der Waals surface area contributed by atoms with E-state index in [4.69, 9.17) is 17.3 Å². The van der Waals surface area contributed by atoms with Crippen LogP contribution in [-0.2, 0) is 17.9 Å². The first-order valence-corrected chi connectivity index (χ1v) is 7.68. The molecule has 1 heterocycles. The smallest absolute Gasteiger partial charge is 0.222 e. The highest BCUT2D eigenvalue weighted by Gasteiger charge is 2.14. The van der Waals surface area contributed by atoms with Gasteiger partial charge in [-0.05, 0) is 30.7 Å². The number of hydrogen-bond donors (Lipinski definition) is 2. The van der Waals surface area contributed by atoms with Crippen LogP contribution in [0.5, 0.6) is 0 Å². The highest BCUT2D eigenvalue weighted by molar-refractivity contribution is 6.31. The van der Waals surface area contributed by atoms with Gasteiger partial charge >= 0.3 is 0 Å². The van der Waals surface area contributed by atoms with Crippen molar-refractivity contribution in [2.45, 2.75) is 33.4 Å². The lowest BCUT2D eigenvalue weighted by molar-refractivity contribution is -0.121. The van der Waals surface area contributed by atoms with Crippen LogP contribution in [0, 0.1) is 5.92 Å². The zero-order valence-corrected chi connectivity index (χ0v) is 13.3. The second kappa shape index (κ2) is 6.96. The number of rotatable bonds is 7. The summed E-state index contributed by atoms with van der Waals surface area (Å²) in [5.74, 6) is -0.499. The van der Waals surface area contributed by atoms with Gasteiger partial charge < -0.3 is 15.6 Å². The van der Waals surface area contributed by atoms with E-state index in [0.717, 1.165) is 25.0 Å². The van der Waals surface area contributed by atoms with Crippen LogP contribution in [0.1, 0.15) is 25.8 Å². The molecule has 21 heavy (non-hydrogen) atoms. The molecule has 1 aromatic heterocycles. The van der Waals surface area contributed by atoms with Crippen LogP contribution in [0.4, 0.5) is 0 Å². The summed E-state index contributed by atoms with van der Waals surface area (Å²) in [6.45, 7) is 6.35. The van der Waals surface area contributed by atoms with Gasteiger partial charge in [0.15, 0.2) is 0 Å². The summed E-state index contributed by atoms with van der Waals surface area (Å²) < 4.78 is 2.07. The van der Waals surface area contributed by atoms with Gasteiger partial charge in [-0.2, -0.15) is 0 Å². The van der Waals surface area contributed by atoms with E-state index in [1.165, 1.54) is 10.9 Å². The second-order valence-electron chi connectivity index (χ2n) is 5.45. The molecule has 2 rings (SSSR count). The molecule has 1 aromatic carbocycles. The average Bonchev–Trinajstić information content (AvgIpc) is 2.76. The highest BCUT2D eigenvalue weighted by Crippen LogP contribution is 2.25. The lowest BCUT2D eigenvalue weighted by Crippen LogP contribution is -2.24. The van der Waals surface area contributed by atoms with Crippen LogP contribution in [0.15, 0.2) is 24.4 Å². The topological polar surface area (TPSA) is 60.1 Å². The normalized spacial score (nSPS) is 12.7. The molecular formula is C16H22ClN3O. The van der Waals surface area contributed by atoms with Crippen molar-refractivity contribution in [3.63, 3.8) is 0 Å². The van der Waals surface area contributed by atoms with Crippen molar-refractivity contribution in [2.75, 3.05) is 6.54 Å². The molecule has 0 aliphatic rings. The Morgan fingerprint density at radius 1 is 1.48 bits per heavy atom. The predicted molar refractivity (Wildman–Crippen MR) is 87.3 cm³/mol. The first-order valence-electron chi connectivity index (χ1n) is 7.30. The number of nitrogens with two attached hydrogens (primary N) is 1. The van der Waals surface area contributed by atoms with Gasteiger partial charge in [-0.25, -0.2) is 0 Å². The minimum absolute atomic E-state index is 0.212. The van der Waals surface area contributed by atoms with E-state index >= 15 is 0 Å². The Kier molecular flexibility index (Phi) is 5.26. The molecule has 0 saturated heterocycles. The minimum atomic E-state index is -0.287. The van der Waals surface area contributed by atoms with E-state index in [-0.39, 0.29) is 11.8 Å². The summed E-state index contributed by atoms with van der Waals surface area (Å²) in [5, 5.41) is 5.27. The molecule has 0 aliphatic carbocycles. The van der Waals surface area contributed by atoms with Gasteiger partial charge in [-0.15, -0.1) is 0 Å². The van der Waals surface area contributed by atoms with Crippen molar-refractivity contribution in [1.29, 1.82) is 0 Å². The van der Waals surface area contributed by atoms with Gasteiger partial charge in [0.2, 0.25) is 5.91 Å². The molecule has 0 bridgehead atoms. The van der Waals surface area contributed by atoms with Gasteiger partial charge in [0.25, 0.3) is 0 Å². The minimum Gasteiger partial charge on any atom is -0.369 e. The lowest BCUT2D eigenvalue weighted by Gasteiger charge is -2.10. The van der Waals surface area contributed by atoms with Crippen molar-refractivity contribution in [2.24, 2.45) is 11.7 Å². The SMILES string of the molecule is CCCNCc1cn(CC(C)C(N)=O)c2cc(Cl)ccc12. The monoisotopic (exact) mass is 307 g/mol. The lowest BCUT2D eigenvalue weighted by atomic mass is 10.1. The molecule has 5 heteroatoms. The fraction of sp³-hybridized carbons (Fsp3) is 0.438. The zero-order chi connectivity index (χ0) is 15.4. The largest absolute Gasteiger partial charge is 0.369 e. The van der Waals surface area contributed by atoms with Gasteiger partial charge in [0.05, 0.1) is 5.92 Å². The molecule has 3 N–H and O–H groups in total. The Bertz CT molecular complexity index is 636. The number of carbonyl (C=O) groups excluding carboxylic acids is 1. The van der Waals surface area contributed by atoms with E-state index in [1.54, 1.807) is 0 Å². The van der Waals surface area contributed by atoms with E-state index < -0.39 is 0 Å². The molecule has 2 aromatic rings. The third-order valence-electron chi connectivity index (χ3n) is 3.63. The molecule has 0 spiro atoms. The van der Waals surface area contributed by atoms with Crippen molar-refractivity contribution < 1.29 is 4.79 Å². The summed E-state index contributed by atoms with van der Waals surface area (Å²) >= 11 is 6.11. The second-order valence-corrected chi connectivity index (χ2v) is 5.88. The van der Waals surface area contributed by atoms with Crippen molar-refractivity contribution >= 4 is 28.4 Å². The zero-order valence-electron chi connectivity index (χ0n) is 12.5. The number of halogens is 1. The summed E-state index contributed by atoms with van der Waals surface area (Å²) in [6, 6.07) is 5.87. The molecule has 4 nitrogen and oxygen atoms in total. The van der Waals surface area contributed by atoms with Crippen LogP contribution >= 0.6 is 11.6 Å². The molecule has 0 aliphatic heterocycles. The van der Waals surface area contributed by atoms with E-state index in [2.05, 4.69) is 23.0 Å². The van der Waals surface area contributed by atoms with Crippen LogP contribution < -0.4 is 11.1 Å². The number of nitrogens with zero attached hydrogens (tertiary/aromatic N) is 1. The Balaban J connectivity index is 2.34. The number of amides is 1. The number of aromatic nitrogens is 1. The highest BCUT2D eigenvalue weighted by atomic mass is 35.5. The van der Waals surface area contributed by atoms with Crippen LogP contribution in [-0.4, -0.2) is 17.0 Å².